The molecule has 0 aliphatic carbocycles. The summed E-state index contributed by atoms with van der Waals surface area (Å²) in [6.45, 7) is 1.26. The van der Waals surface area contributed by atoms with E-state index in [1.807, 2.05) is 36.4 Å². The van der Waals surface area contributed by atoms with E-state index in [0.29, 0.717) is 28.6 Å². The summed E-state index contributed by atoms with van der Waals surface area (Å²) >= 11 is 0. The lowest BCUT2D eigenvalue weighted by Crippen LogP contribution is -2.32. The van der Waals surface area contributed by atoms with E-state index in [4.69, 9.17) is 14.5 Å². The number of para-hydroxylation sites is 1. The second kappa shape index (κ2) is 11.9. The van der Waals surface area contributed by atoms with Crippen molar-refractivity contribution in [3.63, 3.8) is 0 Å². The molecule has 5 aromatic rings. The van der Waals surface area contributed by atoms with Crippen LogP contribution in [0.3, 0.4) is 0 Å². The third-order valence-electron chi connectivity index (χ3n) is 6.41. The zero-order valence-corrected chi connectivity index (χ0v) is 23.5. The van der Waals surface area contributed by atoms with E-state index in [0.717, 1.165) is 18.0 Å². The number of hydrogen-bond acceptors (Lipinski definition) is 10. The van der Waals surface area contributed by atoms with Gasteiger partial charge in [0.2, 0.25) is 16.0 Å². The third-order valence-corrected chi connectivity index (χ3v) is 8.11. The van der Waals surface area contributed by atoms with Crippen molar-refractivity contribution in [3.05, 3.63) is 90.8 Å². The Hall–Kier alpha value is -4.95. The van der Waals surface area contributed by atoms with Crippen LogP contribution in [0.1, 0.15) is 18.9 Å². The van der Waals surface area contributed by atoms with Crippen LogP contribution in [0.2, 0.25) is 0 Å². The summed E-state index contributed by atoms with van der Waals surface area (Å²) in [6.07, 6.45) is 0.00118. The second-order valence-corrected chi connectivity index (χ2v) is 11.1. The Kier molecular flexibility index (Phi) is 8.08. The van der Waals surface area contributed by atoms with E-state index in [9.17, 15) is 17.9 Å². The topological polar surface area (TPSA) is 154 Å². The number of aromatic nitrogens is 6. The lowest BCUT2D eigenvalue weighted by molar-refractivity contribution is 0.166. The lowest BCUT2D eigenvalue weighted by atomic mass is 10.1. The molecular formula is C28H26FN7O5S. The van der Waals surface area contributed by atoms with Crippen molar-refractivity contribution in [1.82, 2.24) is 29.7 Å². The molecule has 0 aliphatic heterocycles. The number of sulfonamides is 1. The monoisotopic (exact) mass is 591 g/mol. The molecular weight excluding hydrogens is 565 g/mol. The number of anilines is 1. The number of halogens is 1. The normalized spacial score (nSPS) is 12.9. The van der Waals surface area contributed by atoms with Crippen molar-refractivity contribution in [3.8, 4) is 40.0 Å². The number of benzene rings is 2. The molecule has 2 aromatic carbocycles. The molecule has 0 aliphatic rings. The molecule has 14 heteroatoms. The fourth-order valence-corrected chi connectivity index (χ4v) is 5.22. The lowest BCUT2D eigenvalue weighted by Gasteiger charge is -2.20. The first kappa shape index (κ1) is 28.6. The van der Waals surface area contributed by atoms with E-state index in [1.54, 1.807) is 30.3 Å². The van der Waals surface area contributed by atoms with Gasteiger partial charge in [0.1, 0.15) is 34.2 Å². The van der Waals surface area contributed by atoms with E-state index in [-0.39, 0.29) is 17.6 Å². The van der Waals surface area contributed by atoms with Crippen molar-refractivity contribution < 1.29 is 27.4 Å². The number of ether oxygens (including phenoxy) is 2. The van der Waals surface area contributed by atoms with Crippen molar-refractivity contribution >= 4 is 16.0 Å². The molecule has 216 valence electrons. The highest BCUT2D eigenvalue weighted by molar-refractivity contribution is 7.93. The van der Waals surface area contributed by atoms with Crippen molar-refractivity contribution in [1.29, 1.82) is 0 Å². The third kappa shape index (κ3) is 5.62. The summed E-state index contributed by atoms with van der Waals surface area (Å²) in [5.41, 5.74) is 2.22. The maximum atomic E-state index is 13.5. The van der Waals surface area contributed by atoms with Crippen molar-refractivity contribution in [2.75, 3.05) is 18.9 Å². The van der Waals surface area contributed by atoms with Crippen LogP contribution in [0.5, 0.6) is 11.5 Å². The van der Waals surface area contributed by atoms with Gasteiger partial charge in [-0.2, -0.15) is 0 Å². The Labute approximate surface area is 240 Å². The molecule has 0 radical (unpaired) electrons. The molecule has 0 fully saturated rings. The Bertz CT molecular complexity index is 1780. The first-order chi connectivity index (χ1) is 20.2. The summed E-state index contributed by atoms with van der Waals surface area (Å²) < 4.78 is 55.3. The number of nitrogens with zero attached hydrogens (tertiary/aromatic N) is 6. The van der Waals surface area contributed by atoms with E-state index in [1.165, 1.54) is 25.7 Å². The van der Waals surface area contributed by atoms with Gasteiger partial charge >= 0.3 is 0 Å². The molecule has 42 heavy (non-hydrogen) atoms. The fourth-order valence-electron chi connectivity index (χ4n) is 4.18. The van der Waals surface area contributed by atoms with Gasteiger partial charge in [0.25, 0.3) is 0 Å². The van der Waals surface area contributed by atoms with E-state index >= 15 is 0 Å². The van der Waals surface area contributed by atoms with Gasteiger partial charge in [-0.15, -0.1) is 10.2 Å². The molecule has 0 saturated heterocycles. The second-order valence-electron chi connectivity index (χ2n) is 9.02. The maximum Gasteiger partial charge on any atom is 0.243 e. The Balaban J connectivity index is 1.63. The molecule has 0 amide bonds. The molecule has 3 aromatic heterocycles. The highest BCUT2D eigenvalue weighted by atomic mass is 32.2. The highest BCUT2D eigenvalue weighted by Crippen LogP contribution is 2.38. The molecule has 0 bridgehead atoms. The molecule has 0 spiro atoms. The quantitative estimate of drug-likeness (QED) is 0.245. The van der Waals surface area contributed by atoms with Gasteiger partial charge in [0.05, 0.1) is 32.3 Å². The maximum absolute atomic E-state index is 13.5. The van der Waals surface area contributed by atoms with Gasteiger partial charge in [0.15, 0.2) is 17.5 Å². The van der Waals surface area contributed by atoms with Crippen LogP contribution in [-0.2, 0) is 10.0 Å². The number of aliphatic hydroxyl groups excluding tert-OH is 1. The minimum absolute atomic E-state index is 0.184. The SMILES string of the molecule is COc1cccc(OC)c1-n1c(NS(=O)(=O)[C@@H](C)[C@H](O)c2ncc(F)cn2)nnc1-c1cccc(-c2ccccc2)n1. The number of hydrogen-bond donors (Lipinski definition) is 2. The highest BCUT2D eigenvalue weighted by Gasteiger charge is 2.34. The number of rotatable bonds is 10. The Morgan fingerprint density at radius 1 is 0.881 bits per heavy atom. The predicted molar refractivity (Wildman–Crippen MR) is 152 cm³/mol. The average molecular weight is 592 g/mol. The van der Waals surface area contributed by atoms with Gasteiger partial charge in [-0.05, 0) is 31.2 Å². The minimum Gasteiger partial charge on any atom is -0.494 e. The molecule has 0 saturated carbocycles. The number of methoxy groups -OCH3 is 2. The fraction of sp³-hybridized carbons (Fsp3) is 0.179. The van der Waals surface area contributed by atoms with Gasteiger partial charge < -0.3 is 14.6 Å². The van der Waals surface area contributed by atoms with Gasteiger partial charge in [-0.3, -0.25) is 9.29 Å². The minimum atomic E-state index is -4.36. The number of pyridine rings is 1. The number of nitrogens with one attached hydrogen (secondary N) is 1. The average Bonchev–Trinajstić information content (AvgIpc) is 3.42. The molecule has 2 N–H and O–H groups in total. The van der Waals surface area contributed by atoms with Gasteiger partial charge in [0, 0.05) is 5.56 Å². The molecule has 12 nitrogen and oxygen atoms in total. The summed E-state index contributed by atoms with van der Waals surface area (Å²) in [5, 5.41) is 17.7. The first-order valence-electron chi connectivity index (χ1n) is 12.6. The van der Waals surface area contributed by atoms with E-state index < -0.39 is 27.2 Å². The van der Waals surface area contributed by atoms with Crippen LogP contribution in [0.25, 0.3) is 28.5 Å². The summed E-state index contributed by atoms with van der Waals surface area (Å²) in [6, 6.07) is 19.9. The van der Waals surface area contributed by atoms with Crippen LogP contribution in [0.4, 0.5) is 10.3 Å². The summed E-state index contributed by atoms with van der Waals surface area (Å²) in [5.74, 6) is -0.353. The molecule has 5 rings (SSSR count). The summed E-state index contributed by atoms with van der Waals surface area (Å²) in [7, 11) is -1.44. The molecule has 3 heterocycles. The summed E-state index contributed by atoms with van der Waals surface area (Å²) in [4.78, 5) is 12.2. The van der Waals surface area contributed by atoms with Gasteiger partial charge in [-0.25, -0.2) is 27.8 Å². The predicted octanol–water partition coefficient (Wildman–Crippen LogP) is 3.81. The standard InChI is InChI=1S/C28H26FN7O5S/c1-17(25(37)26-30-15-19(29)16-31-26)42(38,39)35-28-34-33-27(36(28)24-22(40-2)13-8-14-23(24)41-3)21-12-7-11-20(32-21)18-9-5-4-6-10-18/h4-17,25,37H,1-3H3,(H,34,35)/t17-,25-/m0/s1. The molecule has 2 atom stereocenters. The van der Waals surface area contributed by atoms with Crippen molar-refractivity contribution in [2.45, 2.75) is 18.3 Å². The van der Waals surface area contributed by atoms with Crippen molar-refractivity contribution in [2.24, 2.45) is 0 Å². The van der Waals surface area contributed by atoms with Crippen LogP contribution >= 0.6 is 0 Å². The number of aliphatic hydroxyl groups is 1. The van der Waals surface area contributed by atoms with Crippen LogP contribution in [-0.4, -0.2) is 62.7 Å². The smallest absolute Gasteiger partial charge is 0.243 e. The zero-order valence-electron chi connectivity index (χ0n) is 22.7. The van der Waals surface area contributed by atoms with Gasteiger partial charge in [-0.1, -0.05) is 42.5 Å². The first-order valence-corrected chi connectivity index (χ1v) is 14.1. The Morgan fingerprint density at radius 3 is 2.14 bits per heavy atom. The molecule has 0 unspecified atom stereocenters. The van der Waals surface area contributed by atoms with Crippen LogP contribution < -0.4 is 14.2 Å². The van der Waals surface area contributed by atoms with E-state index in [2.05, 4.69) is 24.9 Å². The largest absolute Gasteiger partial charge is 0.494 e. The van der Waals surface area contributed by atoms with Crippen LogP contribution in [0, 0.1) is 5.82 Å². The zero-order chi connectivity index (χ0) is 29.9. The Morgan fingerprint density at radius 2 is 1.50 bits per heavy atom. The van der Waals surface area contributed by atoms with Crippen LogP contribution in [0.15, 0.2) is 79.1 Å².